The molecule has 80 valence electrons. The van der Waals surface area contributed by atoms with E-state index in [9.17, 15) is 8.42 Å². The van der Waals surface area contributed by atoms with Crippen molar-refractivity contribution in [3.05, 3.63) is 29.8 Å². The Balaban J connectivity index is 2.63. The lowest BCUT2D eigenvalue weighted by Gasteiger charge is -2.13. The van der Waals surface area contributed by atoms with Gasteiger partial charge in [-0.15, -0.1) is 0 Å². The predicted molar refractivity (Wildman–Crippen MR) is 58.7 cm³/mol. The first kappa shape index (κ1) is 10.2. The molecule has 1 aliphatic heterocycles. The second kappa shape index (κ2) is 3.70. The third-order valence-electron chi connectivity index (χ3n) is 2.45. The lowest BCUT2D eigenvalue weighted by atomic mass is 10.0. The van der Waals surface area contributed by atoms with Crippen molar-refractivity contribution in [1.29, 1.82) is 0 Å². The van der Waals surface area contributed by atoms with Gasteiger partial charge in [0.05, 0.1) is 0 Å². The van der Waals surface area contributed by atoms with E-state index in [-0.39, 0.29) is 12.0 Å². The normalized spacial score (nSPS) is 18.9. The van der Waals surface area contributed by atoms with Crippen molar-refractivity contribution in [3.63, 3.8) is 0 Å². The fraction of sp³-hybridized carbons (Fsp3) is 0.364. The third kappa shape index (κ3) is 1.65. The predicted octanol–water partition coefficient (Wildman–Crippen LogP) is 1.50. The van der Waals surface area contributed by atoms with Crippen LogP contribution in [0.5, 0.6) is 5.75 Å². The van der Waals surface area contributed by atoms with Gasteiger partial charge in [0, 0.05) is 5.56 Å². The summed E-state index contributed by atoms with van der Waals surface area (Å²) in [5.74, 6) is 0.806. The van der Waals surface area contributed by atoms with Crippen molar-refractivity contribution in [2.75, 3.05) is 0 Å². The fourth-order valence-corrected chi connectivity index (χ4v) is 2.60. The van der Waals surface area contributed by atoms with Crippen LogP contribution in [0, 0.1) is 5.92 Å². The highest BCUT2D eigenvalue weighted by molar-refractivity contribution is 7.73. The molecule has 1 unspecified atom stereocenters. The third-order valence-corrected chi connectivity index (χ3v) is 3.26. The van der Waals surface area contributed by atoms with Gasteiger partial charge in [0.25, 0.3) is 0 Å². The van der Waals surface area contributed by atoms with Crippen LogP contribution in [0.25, 0.3) is 0 Å². The molecule has 3 nitrogen and oxygen atoms in total. The van der Waals surface area contributed by atoms with Gasteiger partial charge in [-0.2, -0.15) is 8.42 Å². The molecule has 0 bridgehead atoms. The minimum atomic E-state index is -2.21. The highest BCUT2D eigenvalue weighted by atomic mass is 32.2. The van der Waals surface area contributed by atoms with Crippen molar-refractivity contribution in [1.82, 2.24) is 0 Å². The lowest BCUT2D eigenvalue weighted by molar-refractivity contribution is 0.231. The maximum atomic E-state index is 11.2. The van der Waals surface area contributed by atoms with E-state index in [1.54, 1.807) is 12.1 Å². The first-order chi connectivity index (χ1) is 7.11. The molecular formula is C11H12O3S. The summed E-state index contributed by atoms with van der Waals surface area (Å²) in [5, 5.41) is 0. The van der Waals surface area contributed by atoms with Crippen LogP contribution >= 0.6 is 0 Å². The Morgan fingerprint density at radius 2 is 1.93 bits per heavy atom. The molecule has 0 N–H and O–H groups in total. The van der Waals surface area contributed by atoms with Gasteiger partial charge in [-0.1, -0.05) is 26.0 Å². The first-order valence-corrected chi connectivity index (χ1v) is 5.91. The molecule has 0 fully saturated rings. The fourth-order valence-electron chi connectivity index (χ4n) is 1.74. The molecule has 0 saturated carbocycles. The van der Waals surface area contributed by atoms with E-state index in [0.29, 0.717) is 16.2 Å². The van der Waals surface area contributed by atoms with Crippen LogP contribution in [0.4, 0.5) is 0 Å². The van der Waals surface area contributed by atoms with Crippen LogP contribution in [0.3, 0.4) is 0 Å². The number of hydrogen-bond acceptors (Lipinski definition) is 3. The molecule has 1 atom stereocenters. The summed E-state index contributed by atoms with van der Waals surface area (Å²) in [7, 11) is -2.21. The summed E-state index contributed by atoms with van der Waals surface area (Å²) >= 11 is 0. The Kier molecular flexibility index (Phi) is 2.52. The highest BCUT2D eigenvalue weighted by Crippen LogP contribution is 2.31. The van der Waals surface area contributed by atoms with Gasteiger partial charge >= 0.3 is 0 Å². The van der Waals surface area contributed by atoms with Crippen LogP contribution in [0.15, 0.2) is 24.3 Å². The molecule has 2 rings (SSSR count). The van der Waals surface area contributed by atoms with E-state index in [1.807, 2.05) is 26.0 Å². The van der Waals surface area contributed by atoms with Crippen molar-refractivity contribution in [2.24, 2.45) is 5.92 Å². The van der Waals surface area contributed by atoms with Crippen LogP contribution in [0.1, 0.15) is 19.4 Å². The first-order valence-electron chi connectivity index (χ1n) is 4.83. The van der Waals surface area contributed by atoms with Crippen molar-refractivity contribution < 1.29 is 13.2 Å². The summed E-state index contributed by atoms with van der Waals surface area (Å²) in [5.41, 5.74) is 0.699. The molecule has 0 aromatic heterocycles. The van der Waals surface area contributed by atoms with E-state index in [0.717, 1.165) is 0 Å². The second-order valence-corrected chi connectivity index (χ2v) is 4.79. The Bertz CT molecular complexity index is 506. The molecular weight excluding hydrogens is 212 g/mol. The highest BCUT2D eigenvalue weighted by Gasteiger charge is 2.33. The van der Waals surface area contributed by atoms with E-state index in [2.05, 4.69) is 0 Å². The van der Waals surface area contributed by atoms with Crippen LogP contribution in [0.2, 0.25) is 0 Å². The summed E-state index contributed by atoms with van der Waals surface area (Å²) < 4.78 is 27.9. The SMILES string of the molecule is CC(C)C1Oc2ccccc2C1=S(=O)=O. The molecule has 0 amide bonds. The van der Waals surface area contributed by atoms with Gasteiger partial charge in [-0.05, 0) is 18.1 Å². The monoisotopic (exact) mass is 224 g/mol. The number of benzene rings is 1. The molecule has 0 spiro atoms. The summed E-state index contributed by atoms with van der Waals surface area (Å²) in [4.78, 5) is 0.376. The van der Waals surface area contributed by atoms with Crippen molar-refractivity contribution in [3.8, 4) is 5.75 Å². The molecule has 4 heteroatoms. The molecule has 1 aliphatic rings. The zero-order chi connectivity index (χ0) is 11.0. The van der Waals surface area contributed by atoms with Crippen molar-refractivity contribution >= 4 is 15.2 Å². The number of hydrogen-bond donors (Lipinski definition) is 0. The second-order valence-electron chi connectivity index (χ2n) is 3.88. The topological polar surface area (TPSA) is 43.4 Å². The summed E-state index contributed by atoms with van der Waals surface area (Å²) in [6.07, 6.45) is -0.347. The molecule has 0 radical (unpaired) electrons. The van der Waals surface area contributed by atoms with Gasteiger partial charge in [0.2, 0.25) is 10.3 Å². The summed E-state index contributed by atoms with van der Waals surface area (Å²) in [6.45, 7) is 3.90. The van der Waals surface area contributed by atoms with E-state index >= 15 is 0 Å². The van der Waals surface area contributed by atoms with Gasteiger partial charge in [-0.3, -0.25) is 0 Å². The summed E-state index contributed by atoms with van der Waals surface area (Å²) in [6, 6.07) is 7.23. The smallest absolute Gasteiger partial charge is 0.221 e. The largest absolute Gasteiger partial charge is 0.484 e. The van der Waals surface area contributed by atoms with Gasteiger partial charge in [0.15, 0.2) is 0 Å². The standard InChI is InChI=1S/C11H12O3S/c1-7(2)10-11(15(12)13)8-5-3-4-6-9(8)14-10/h3-7,10H,1-2H3. The Hall–Kier alpha value is -1.29. The Morgan fingerprint density at radius 1 is 1.27 bits per heavy atom. The average molecular weight is 224 g/mol. The van der Waals surface area contributed by atoms with E-state index < -0.39 is 10.3 Å². The van der Waals surface area contributed by atoms with Gasteiger partial charge in [-0.25, -0.2) is 0 Å². The molecule has 1 aromatic carbocycles. The minimum Gasteiger partial charge on any atom is -0.484 e. The number of para-hydroxylation sites is 1. The maximum absolute atomic E-state index is 11.2. The number of ether oxygens (including phenoxy) is 1. The van der Waals surface area contributed by atoms with Gasteiger partial charge in [0.1, 0.15) is 16.7 Å². The molecule has 0 aliphatic carbocycles. The van der Waals surface area contributed by atoms with E-state index in [1.165, 1.54) is 0 Å². The molecule has 0 saturated heterocycles. The van der Waals surface area contributed by atoms with Crippen molar-refractivity contribution in [2.45, 2.75) is 20.0 Å². The molecule has 1 heterocycles. The molecule has 1 aromatic rings. The molecule has 15 heavy (non-hydrogen) atoms. The number of rotatable bonds is 1. The Morgan fingerprint density at radius 3 is 2.53 bits per heavy atom. The van der Waals surface area contributed by atoms with Crippen LogP contribution in [-0.2, 0) is 10.3 Å². The van der Waals surface area contributed by atoms with Crippen LogP contribution in [-0.4, -0.2) is 19.4 Å². The Labute approximate surface area is 90.2 Å². The van der Waals surface area contributed by atoms with Gasteiger partial charge < -0.3 is 4.74 Å². The number of fused-ring (bicyclic) bond motifs is 1. The lowest BCUT2D eigenvalue weighted by Crippen LogP contribution is -2.27. The minimum absolute atomic E-state index is 0.144. The quantitative estimate of drug-likeness (QED) is 0.679. The zero-order valence-electron chi connectivity index (χ0n) is 8.60. The maximum Gasteiger partial charge on any atom is 0.221 e. The average Bonchev–Trinajstić information content (AvgIpc) is 2.56. The zero-order valence-corrected chi connectivity index (χ0v) is 9.41. The van der Waals surface area contributed by atoms with Crippen LogP contribution < -0.4 is 4.74 Å². The van der Waals surface area contributed by atoms with E-state index in [4.69, 9.17) is 4.74 Å².